The van der Waals surface area contributed by atoms with Gasteiger partial charge in [-0.05, 0) is 53.9 Å². The molecule has 1 aromatic heterocycles. The number of benzene rings is 2. The highest BCUT2D eigenvalue weighted by molar-refractivity contribution is 9.10. The minimum atomic E-state index is -0.814. The average Bonchev–Trinajstić information content (AvgIpc) is 3.01. The summed E-state index contributed by atoms with van der Waals surface area (Å²) in [6, 6.07) is 14.1. The van der Waals surface area contributed by atoms with Crippen molar-refractivity contribution in [3.8, 4) is 0 Å². The molecule has 2 aromatic carbocycles. The molecule has 1 saturated heterocycles. The van der Waals surface area contributed by atoms with Gasteiger partial charge >= 0.3 is 0 Å². The molecule has 0 unspecified atom stereocenters. The Balaban J connectivity index is 1.87. The number of nitrogens with zero attached hydrogens (tertiary/aromatic N) is 2. The van der Waals surface area contributed by atoms with E-state index in [0.29, 0.717) is 11.1 Å². The maximum atomic E-state index is 14.1. The first-order chi connectivity index (χ1) is 14.9. The molecule has 5 nitrogen and oxygen atoms in total. The van der Waals surface area contributed by atoms with Crippen LogP contribution in [0.4, 0.5) is 4.39 Å². The maximum Gasteiger partial charge on any atom is 0.295 e. The summed E-state index contributed by atoms with van der Waals surface area (Å²) in [7, 11) is 0. The zero-order valence-electron chi connectivity index (χ0n) is 16.5. The molecule has 1 amide bonds. The number of hydrogen-bond donors (Lipinski definition) is 1. The minimum Gasteiger partial charge on any atom is -0.507 e. The molecule has 7 heteroatoms. The van der Waals surface area contributed by atoms with Crippen LogP contribution in [0.2, 0.25) is 0 Å². The van der Waals surface area contributed by atoms with Crippen molar-refractivity contribution in [3.63, 3.8) is 0 Å². The molecule has 0 saturated carbocycles. The van der Waals surface area contributed by atoms with Crippen LogP contribution in [-0.4, -0.2) is 26.7 Å². The summed E-state index contributed by atoms with van der Waals surface area (Å²) >= 11 is 3.38. The van der Waals surface area contributed by atoms with E-state index in [1.165, 1.54) is 23.1 Å². The van der Waals surface area contributed by atoms with E-state index in [1.807, 2.05) is 0 Å². The topological polar surface area (TPSA) is 70.5 Å². The number of amides is 1. The molecule has 1 atom stereocenters. The van der Waals surface area contributed by atoms with E-state index < -0.39 is 29.3 Å². The van der Waals surface area contributed by atoms with E-state index in [9.17, 15) is 19.1 Å². The number of Topliss-reactive ketones (excluding diaryl/α,β-unsaturated/α-hetero) is 1. The highest BCUT2D eigenvalue weighted by Crippen LogP contribution is 2.40. The second-order valence-electron chi connectivity index (χ2n) is 7.30. The highest BCUT2D eigenvalue weighted by atomic mass is 79.9. The Labute approximate surface area is 187 Å². The standard InChI is InChI=1S/C24H18BrFN2O3/c1-14-2-3-17(12-19(14)26)22(29)20-21(16-4-6-18(25)7-5-16)28(24(31)23(20)30)13-15-8-10-27-11-9-15/h2-12,21,29H,13H2,1H3/t21-/m1/s1. The Morgan fingerprint density at radius 3 is 2.42 bits per heavy atom. The fourth-order valence-corrected chi connectivity index (χ4v) is 3.88. The Kier molecular flexibility index (Phi) is 5.69. The number of aliphatic hydroxyl groups is 1. The molecule has 0 radical (unpaired) electrons. The van der Waals surface area contributed by atoms with Gasteiger partial charge in [0.1, 0.15) is 11.6 Å². The van der Waals surface area contributed by atoms with Crippen molar-refractivity contribution >= 4 is 33.4 Å². The largest absolute Gasteiger partial charge is 0.507 e. The van der Waals surface area contributed by atoms with Gasteiger partial charge in [-0.1, -0.05) is 40.2 Å². The molecular formula is C24H18BrFN2O3. The monoisotopic (exact) mass is 480 g/mol. The number of aliphatic hydroxyl groups excluding tert-OH is 1. The Bertz CT molecular complexity index is 1190. The number of pyridine rings is 1. The third-order valence-electron chi connectivity index (χ3n) is 5.27. The normalized spacial score (nSPS) is 17.9. The van der Waals surface area contributed by atoms with Gasteiger partial charge in [-0.2, -0.15) is 0 Å². The van der Waals surface area contributed by atoms with Crippen molar-refractivity contribution in [1.82, 2.24) is 9.88 Å². The molecule has 1 fully saturated rings. The summed E-state index contributed by atoms with van der Waals surface area (Å²) in [6.07, 6.45) is 3.21. The number of ketones is 1. The lowest BCUT2D eigenvalue weighted by Crippen LogP contribution is -2.29. The average molecular weight is 481 g/mol. The van der Waals surface area contributed by atoms with Crippen LogP contribution in [0.5, 0.6) is 0 Å². The van der Waals surface area contributed by atoms with E-state index in [-0.39, 0.29) is 17.7 Å². The van der Waals surface area contributed by atoms with Crippen molar-refractivity contribution < 1.29 is 19.1 Å². The predicted molar refractivity (Wildman–Crippen MR) is 117 cm³/mol. The van der Waals surface area contributed by atoms with E-state index in [4.69, 9.17) is 0 Å². The fourth-order valence-electron chi connectivity index (χ4n) is 3.62. The minimum absolute atomic E-state index is 0.0652. The number of likely N-dealkylation sites (tertiary alicyclic amines) is 1. The Morgan fingerprint density at radius 1 is 1.10 bits per heavy atom. The van der Waals surface area contributed by atoms with Gasteiger partial charge in [0.25, 0.3) is 11.7 Å². The summed E-state index contributed by atoms with van der Waals surface area (Å²) in [6.45, 7) is 1.77. The summed E-state index contributed by atoms with van der Waals surface area (Å²) in [5.74, 6) is -2.43. The number of aryl methyl sites for hydroxylation is 1. The lowest BCUT2D eigenvalue weighted by molar-refractivity contribution is -0.140. The fraction of sp³-hybridized carbons (Fsp3) is 0.125. The molecule has 31 heavy (non-hydrogen) atoms. The third-order valence-corrected chi connectivity index (χ3v) is 5.80. The van der Waals surface area contributed by atoms with Gasteiger partial charge in [0.2, 0.25) is 0 Å². The number of aromatic nitrogens is 1. The zero-order valence-corrected chi connectivity index (χ0v) is 18.1. The Hall–Kier alpha value is -3.32. The molecule has 156 valence electrons. The van der Waals surface area contributed by atoms with Gasteiger partial charge in [-0.3, -0.25) is 14.6 Å². The second kappa shape index (κ2) is 8.43. The van der Waals surface area contributed by atoms with Crippen LogP contribution in [0, 0.1) is 12.7 Å². The number of rotatable bonds is 4. The van der Waals surface area contributed by atoms with Crippen LogP contribution in [0.25, 0.3) is 5.76 Å². The molecule has 1 N–H and O–H groups in total. The van der Waals surface area contributed by atoms with Crippen molar-refractivity contribution in [3.05, 3.63) is 105 Å². The van der Waals surface area contributed by atoms with Crippen LogP contribution in [0.1, 0.15) is 28.3 Å². The van der Waals surface area contributed by atoms with Crippen molar-refractivity contribution in [2.75, 3.05) is 0 Å². The first-order valence-electron chi connectivity index (χ1n) is 9.56. The van der Waals surface area contributed by atoms with Crippen molar-refractivity contribution in [1.29, 1.82) is 0 Å². The van der Waals surface area contributed by atoms with Gasteiger partial charge in [0.15, 0.2) is 0 Å². The maximum absolute atomic E-state index is 14.1. The molecule has 3 aromatic rings. The van der Waals surface area contributed by atoms with Crippen LogP contribution < -0.4 is 0 Å². The molecule has 2 heterocycles. The number of carbonyl (C=O) groups excluding carboxylic acids is 2. The number of halogens is 2. The van der Waals surface area contributed by atoms with Gasteiger partial charge in [0, 0.05) is 29.0 Å². The Morgan fingerprint density at radius 2 is 1.77 bits per heavy atom. The van der Waals surface area contributed by atoms with Crippen LogP contribution >= 0.6 is 15.9 Å². The lowest BCUT2D eigenvalue weighted by atomic mass is 9.95. The summed E-state index contributed by atoms with van der Waals surface area (Å²) in [5.41, 5.74) is 1.95. The molecule has 4 rings (SSSR count). The van der Waals surface area contributed by atoms with Crippen LogP contribution in [-0.2, 0) is 16.1 Å². The van der Waals surface area contributed by atoms with Gasteiger partial charge < -0.3 is 10.0 Å². The van der Waals surface area contributed by atoms with Crippen LogP contribution in [0.3, 0.4) is 0 Å². The molecule has 0 bridgehead atoms. The third kappa shape index (κ3) is 4.01. The molecular weight excluding hydrogens is 463 g/mol. The summed E-state index contributed by atoms with van der Waals surface area (Å²) in [4.78, 5) is 31.4. The molecule has 0 spiro atoms. The van der Waals surface area contributed by atoms with Crippen molar-refractivity contribution in [2.24, 2.45) is 0 Å². The zero-order chi connectivity index (χ0) is 22.1. The molecule has 1 aliphatic heterocycles. The first kappa shape index (κ1) is 20.9. The quantitative estimate of drug-likeness (QED) is 0.327. The van der Waals surface area contributed by atoms with E-state index in [1.54, 1.807) is 55.7 Å². The number of carbonyl (C=O) groups is 2. The molecule has 1 aliphatic rings. The molecule has 0 aliphatic carbocycles. The van der Waals surface area contributed by atoms with Crippen molar-refractivity contribution in [2.45, 2.75) is 19.5 Å². The first-order valence-corrected chi connectivity index (χ1v) is 10.4. The van der Waals surface area contributed by atoms with E-state index in [0.717, 1.165) is 10.0 Å². The van der Waals surface area contributed by atoms with Gasteiger partial charge in [0.05, 0.1) is 11.6 Å². The smallest absolute Gasteiger partial charge is 0.295 e. The van der Waals surface area contributed by atoms with Crippen LogP contribution in [0.15, 0.2) is 77.0 Å². The highest BCUT2D eigenvalue weighted by Gasteiger charge is 2.46. The van der Waals surface area contributed by atoms with Gasteiger partial charge in [-0.25, -0.2) is 4.39 Å². The lowest BCUT2D eigenvalue weighted by Gasteiger charge is -2.25. The van der Waals surface area contributed by atoms with Gasteiger partial charge in [-0.15, -0.1) is 0 Å². The second-order valence-corrected chi connectivity index (χ2v) is 8.21. The summed E-state index contributed by atoms with van der Waals surface area (Å²) in [5, 5.41) is 11.0. The predicted octanol–water partition coefficient (Wildman–Crippen LogP) is 4.91. The van der Waals surface area contributed by atoms with E-state index >= 15 is 0 Å². The van der Waals surface area contributed by atoms with E-state index in [2.05, 4.69) is 20.9 Å². The number of hydrogen-bond acceptors (Lipinski definition) is 4. The SMILES string of the molecule is Cc1ccc(C(O)=C2C(=O)C(=O)N(Cc3ccncc3)[C@@H]2c2ccc(Br)cc2)cc1F. The summed E-state index contributed by atoms with van der Waals surface area (Å²) < 4.78 is 15.0.